The largest absolute Gasteiger partial charge is 0.356 e. The van der Waals surface area contributed by atoms with Gasteiger partial charge < -0.3 is 9.47 Å². The van der Waals surface area contributed by atoms with Gasteiger partial charge in [-0.05, 0) is 20.3 Å². The molecule has 0 aliphatic heterocycles. The maximum absolute atomic E-state index is 5.41. The van der Waals surface area contributed by atoms with E-state index in [1.807, 2.05) is 6.92 Å². The summed E-state index contributed by atoms with van der Waals surface area (Å²) in [5.41, 5.74) is 0. The molecule has 0 bridgehead atoms. The number of ether oxygens (including phenoxy) is 2. The Bertz CT molecular complexity index is 78.0. The zero-order valence-electron chi connectivity index (χ0n) is 6.76. The van der Waals surface area contributed by atoms with Gasteiger partial charge in [0.25, 0.3) is 0 Å². The minimum Gasteiger partial charge on any atom is -0.356 e. The zero-order valence-corrected chi connectivity index (χ0v) is 8.92. The topological polar surface area (TPSA) is 18.5 Å². The highest BCUT2D eigenvalue weighted by atomic mass is 127. The van der Waals surface area contributed by atoms with Gasteiger partial charge in [-0.1, -0.05) is 22.6 Å². The molecule has 0 heterocycles. The van der Waals surface area contributed by atoms with Gasteiger partial charge in [0.1, 0.15) is 0 Å². The number of methoxy groups -OCH3 is 1. The lowest BCUT2D eigenvalue weighted by atomic mass is 10.3. The summed E-state index contributed by atoms with van der Waals surface area (Å²) in [7, 11) is 1.65. The van der Waals surface area contributed by atoms with E-state index < -0.39 is 0 Å². The van der Waals surface area contributed by atoms with Crippen molar-refractivity contribution >= 4 is 22.6 Å². The van der Waals surface area contributed by atoms with Crippen molar-refractivity contribution in [3.05, 3.63) is 0 Å². The zero-order chi connectivity index (χ0) is 7.98. The highest BCUT2D eigenvalue weighted by Gasteiger charge is 2.05. The Morgan fingerprint density at radius 2 is 2.00 bits per heavy atom. The molecule has 0 fully saturated rings. The molecule has 3 heteroatoms. The van der Waals surface area contributed by atoms with Crippen molar-refractivity contribution < 1.29 is 9.47 Å². The third-order valence-corrected chi connectivity index (χ3v) is 1.89. The Labute approximate surface area is 76.4 Å². The predicted octanol–water partition coefficient (Wildman–Crippen LogP) is 2.21. The van der Waals surface area contributed by atoms with Crippen molar-refractivity contribution in [3.8, 4) is 0 Å². The molecule has 0 saturated carbocycles. The summed E-state index contributed by atoms with van der Waals surface area (Å²) in [6, 6.07) is 0. The van der Waals surface area contributed by atoms with E-state index in [4.69, 9.17) is 9.47 Å². The van der Waals surface area contributed by atoms with Gasteiger partial charge in [0, 0.05) is 11.5 Å². The summed E-state index contributed by atoms with van der Waals surface area (Å²) in [4.78, 5) is 0. The fourth-order valence-corrected chi connectivity index (χ4v) is 1.48. The molecule has 10 heavy (non-hydrogen) atoms. The molecule has 0 radical (unpaired) electrons. The van der Waals surface area contributed by atoms with Crippen molar-refractivity contribution in [1.29, 1.82) is 0 Å². The molecule has 0 N–H and O–H groups in total. The molecule has 2 unspecified atom stereocenters. The van der Waals surface area contributed by atoms with Crippen molar-refractivity contribution in [2.24, 2.45) is 0 Å². The Kier molecular flexibility index (Phi) is 6.78. The lowest BCUT2D eigenvalue weighted by Gasteiger charge is -2.16. The van der Waals surface area contributed by atoms with Crippen molar-refractivity contribution in [2.75, 3.05) is 11.5 Å². The second-order valence-electron chi connectivity index (χ2n) is 2.23. The Morgan fingerprint density at radius 1 is 1.40 bits per heavy atom. The van der Waals surface area contributed by atoms with Crippen LogP contribution in [0.5, 0.6) is 0 Å². The van der Waals surface area contributed by atoms with E-state index in [-0.39, 0.29) is 6.29 Å². The van der Waals surface area contributed by atoms with Crippen LogP contribution in [0.3, 0.4) is 0 Å². The van der Waals surface area contributed by atoms with Crippen LogP contribution in [0.25, 0.3) is 0 Å². The number of alkyl halides is 1. The van der Waals surface area contributed by atoms with Gasteiger partial charge in [-0.2, -0.15) is 0 Å². The monoisotopic (exact) mass is 258 g/mol. The molecular formula is C7H15IO2. The van der Waals surface area contributed by atoms with Gasteiger partial charge in [0.15, 0.2) is 6.29 Å². The molecule has 0 spiro atoms. The van der Waals surface area contributed by atoms with Crippen LogP contribution in [0, 0.1) is 0 Å². The van der Waals surface area contributed by atoms with Crippen molar-refractivity contribution in [3.63, 3.8) is 0 Å². The van der Waals surface area contributed by atoms with Crippen molar-refractivity contribution in [2.45, 2.75) is 32.7 Å². The maximum Gasteiger partial charge on any atom is 0.154 e. The molecule has 0 rings (SSSR count). The molecule has 0 aromatic carbocycles. The van der Waals surface area contributed by atoms with Crippen LogP contribution in [0.1, 0.15) is 20.3 Å². The van der Waals surface area contributed by atoms with Crippen LogP contribution in [0.15, 0.2) is 0 Å². The molecule has 62 valence electrons. The summed E-state index contributed by atoms with van der Waals surface area (Å²) in [6.45, 7) is 3.97. The van der Waals surface area contributed by atoms with Crippen LogP contribution < -0.4 is 0 Å². The quantitative estimate of drug-likeness (QED) is 0.427. The van der Waals surface area contributed by atoms with Gasteiger partial charge >= 0.3 is 0 Å². The molecular weight excluding hydrogens is 243 g/mol. The first-order valence-electron chi connectivity index (χ1n) is 3.45. The molecule has 0 amide bonds. The smallest absolute Gasteiger partial charge is 0.154 e. The van der Waals surface area contributed by atoms with Gasteiger partial charge in [0.2, 0.25) is 0 Å². The maximum atomic E-state index is 5.41. The number of hydrogen-bond donors (Lipinski definition) is 0. The van der Waals surface area contributed by atoms with Crippen LogP contribution in [-0.2, 0) is 9.47 Å². The van der Waals surface area contributed by atoms with E-state index in [9.17, 15) is 0 Å². The summed E-state index contributed by atoms with van der Waals surface area (Å²) in [6.07, 6.45) is 1.33. The van der Waals surface area contributed by atoms with E-state index in [2.05, 4.69) is 29.5 Å². The van der Waals surface area contributed by atoms with Gasteiger partial charge in [-0.25, -0.2) is 0 Å². The minimum absolute atomic E-state index is 0.0713. The number of hydrogen-bond acceptors (Lipinski definition) is 2. The second kappa shape index (κ2) is 6.37. The first-order valence-corrected chi connectivity index (χ1v) is 4.97. The summed E-state index contributed by atoms with van der Waals surface area (Å²) >= 11 is 2.34. The van der Waals surface area contributed by atoms with E-state index in [1.165, 1.54) is 0 Å². The summed E-state index contributed by atoms with van der Waals surface area (Å²) in [5.74, 6) is 0. The van der Waals surface area contributed by atoms with Gasteiger partial charge in [0.05, 0.1) is 6.10 Å². The van der Waals surface area contributed by atoms with Crippen LogP contribution in [-0.4, -0.2) is 23.9 Å². The second-order valence-corrected chi connectivity index (χ2v) is 3.31. The average Bonchev–Trinajstić information content (AvgIpc) is 1.88. The highest BCUT2D eigenvalue weighted by Crippen LogP contribution is 2.04. The van der Waals surface area contributed by atoms with Crippen molar-refractivity contribution in [1.82, 2.24) is 0 Å². The van der Waals surface area contributed by atoms with Crippen LogP contribution >= 0.6 is 22.6 Å². The first-order chi connectivity index (χ1) is 4.70. The van der Waals surface area contributed by atoms with E-state index >= 15 is 0 Å². The predicted molar refractivity (Wildman–Crippen MR) is 50.5 cm³/mol. The Hall–Kier alpha value is 0.650. The molecule has 0 saturated heterocycles. The molecule has 2 atom stereocenters. The lowest BCUT2D eigenvalue weighted by Crippen LogP contribution is -2.18. The summed E-state index contributed by atoms with van der Waals surface area (Å²) < 4.78 is 11.5. The normalized spacial score (nSPS) is 16.8. The molecule has 0 aromatic rings. The summed E-state index contributed by atoms with van der Waals surface area (Å²) in [5, 5.41) is 0. The Morgan fingerprint density at radius 3 is 2.40 bits per heavy atom. The SMILES string of the molecule is COC(C)OC(C)CCI. The molecule has 0 aliphatic rings. The van der Waals surface area contributed by atoms with Crippen LogP contribution in [0.4, 0.5) is 0 Å². The minimum atomic E-state index is -0.0713. The third-order valence-electron chi connectivity index (χ3n) is 1.27. The lowest BCUT2D eigenvalue weighted by molar-refractivity contribution is -0.139. The number of rotatable bonds is 5. The third kappa shape index (κ3) is 5.44. The van der Waals surface area contributed by atoms with Crippen LogP contribution in [0.2, 0.25) is 0 Å². The first kappa shape index (κ1) is 10.7. The van der Waals surface area contributed by atoms with Gasteiger partial charge in [-0.3, -0.25) is 0 Å². The van der Waals surface area contributed by atoms with E-state index in [1.54, 1.807) is 7.11 Å². The molecule has 0 aromatic heterocycles. The average molecular weight is 258 g/mol. The standard InChI is InChI=1S/C7H15IO2/c1-6(4-5-8)10-7(2)9-3/h6-7H,4-5H2,1-3H3. The van der Waals surface area contributed by atoms with E-state index in [0.29, 0.717) is 6.10 Å². The Balaban J connectivity index is 3.27. The molecule has 2 nitrogen and oxygen atoms in total. The van der Waals surface area contributed by atoms with Gasteiger partial charge in [-0.15, -0.1) is 0 Å². The fraction of sp³-hybridized carbons (Fsp3) is 1.00. The number of halogens is 1. The highest BCUT2D eigenvalue weighted by molar-refractivity contribution is 14.1. The molecule has 0 aliphatic carbocycles. The van der Waals surface area contributed by atoms with E-state index in [0.717, 1.165) is 10.8 Å². The fourth-order valence-electron chi connectivity index (χ4n) is 0.604.